The molecule has 43 heavy (non-hydrogen) atoms. The van der Waals surface area contributed by atoms with E-state index >= 15 is 0 Å². The summed E-state index contributed by atoms with van der Waals surface area (Å²) in [6, 6.07) is 4.43. The lowest BCUT2D eigenvalue weighted by Crippen LogP contribution is -2.46. The van der Waals surface area contributed by atoms with Crippen molar-refractivity contribution in [1.29, 1.82) is 0 Å². The number of H-pyrrole nitrogens is 1. The van der Waals surface area contributed by atoms with Crippen molar-refractivity contribution in [2.24, 2.45) is 11.8 Å². The number of hydrogen-bond acceptors (Lipinski definition) is 8. The van der Waals surface area contributed by atoms with Crippen LogP contribution in [-0.2, 0) is 24.3 Å². The number of pyridine rings is 2. The van der Waals surface area contributed by atoms with Gasteiger partial charge in [-0.15, -0.1) is 0 Å². The number of nitrogens with zero attached hydrogens (tertiary/aromatic N) is 6. The van der Waals surface area contributed by atoms with Crippen molar-refractivity contribution >= 4 is 17.5 Å². The monoisotopic (exact) mass is 592 g/mol. The van der Waals surface area contributed by atoms with Crippen molar-refractivity contribution in [2.75, 3.05) is 6.54 Å². The molecule has 4 aromatic rings. The van der Waals surface area contributed by atoms with Gasteiger partial charge in [0, 0.05) is 49.1 Å². The first kappa shape index (κ1) is 29.6. The summed E-state index contributed by atoms with van der Waals surface area (Å²) in [5, 5.41) is 19.4. The number of carbonyl (C=O) groups excluding carboxylic acids is 2. The Morgan fingerprint density at radius 3 is 2.65 bits per heavy atom. The minimum absolute atomic E-state index is 0.00638. The number of rotatable bonds is 9. The fourth-order valence-electron chi connectivity index (χ4n) is 5.26. The van der Waals surface area contributed by atoms with Gasteiger partial charge in [-0.1, -0.05) is 13.8 Å². The van der Waals surface area contributed by atoms with E-state index < -0.39 is 28.6 Å². The van der Waals surface area contributed by atoms with Crippen molar-refractivity contribution in [1.82, 2.24) is 39.3 Å². The number of carbonyl (C=O) groups is 2. The Labute approximate surface area is 245 Å². The molecule has 13 nitrogen and oxygen atoms in total. The summed E-state index contributed by atoms with van der Waals surface area (Å²) in [6.07, 6.45) is 2.81. The average Bonchev–Trinajstić information content (AvgIpc) is 3.34. The van der Waals surface area contributed by atoms with Crippen LogP contribution >= 0.6 is 0 Å². The zero-order chi connectivity index (χ0) is 31.0. The number of hydrogen-bond donors (Lipinski definition) is 3. The Kier molecular flexibility index (Phi) is 8.11. The number of aromatic hydroxyl groups is 1. The highest BCUT2D eigenvalue weighted by molar-refractivity contribution is 5.96. The zero-order valence-electron chi connectivity index (χ0n) is 24.3. The van der Waals surface area contributed by atoms with Gasteiger partial charge < -0.3 is 19.9 Å². The van der Waals surface area contributed by atoms with E-state index in [1.807, 2.05) is 27.7 Å². The van der Waals surface area contributed by atoms with Crippen LogP contribution in [0.3, 0.4) is 0 Å². The van der Waals surface area contributed by atoms with Crippen LogP contribution < -0.4 is 16.4 Å². The molecular weight excluding hydrogens is 559 g/mol. The van der Waals surface area contributed by atoms with Crippen LogP contribution in [0.4, 0.5) is 4.39 Å². The molecule has 0 saturated carbocycles. The van der Waals surface area contributed by atoms with Crippen molar-refractivity contribution < 1.29 is 19.1 Å². The average molecular weight is 593 g/mol. The van der Waals surface area contributed by atoms with Crippen LogP contribution in [0.2, 0.25) is 0 Å². The number of nitrogens with one attached hydrogen (secondary N) is 2. The van der Waals surface area contributed by atoms with E-state index in [1.165, 1.54) is 16.7 Å². The van der Waals surface area contributed by atoms with E-state index in [4.69, 9.17) is 0 Å². The Morgan fingerprint density at radius 2 is 1.93 bits per heavy atom. The number of aromatic amines is 1. The molecule has 0 aromatic carbocycles. The summed E-state index contributed by atoms with van der Waals surface area (Å²) in [5.74, 6) is -2.03. The molecule has 0 unspecified atom stereocenters. The second-order valence-corrected chi connectivity index (χ2v) is 11.3. The quantitative estimate of drug-likeness (QED) is 0.265. The highest BCUT2D eigenvalue weighted by atomic mass is 19.1. The number of amides is 2. The van der Waals surface area contributed by atoms with Crippen LogP contribution in [0.1, 0.15) is 56.0 Å². The van der Waals surface area contributed by atoms with Gasteiger partial charge in [0.2, 0.25) is 11.3 Å². The fourth-order valence-corrected chi connectivity index (χ4v) is 5.26. The number of fused-ring (bicyclic) bond motifs is 2. The van der Waals surface area contributed by atoms with Gasteiger partial charge in [-0.05, 0) is 44.2 Å². The van der Waals surface area contributed by atoms with Crippen LogP contribution in [0.25, 0.3) is 17.0 Å². The molecular formula is C29H33FN8O5. The molecule has 5 heterocycles. The molecule has 1 aliphatic rings. The van der Waals surface area contributed by atoms with E-state index in [0.29, 0.717) is 30.0 Å². The summed E-state index contributed by atoms with van der Waals surface area (Å²) in [5.41, 5.74) is 0.270. The van der Waals surface area contributed by atoms with Crippen molar-refractivity contribution in [2.45, 2.75) is 59.7 Å². The van der Waals surface area contributed by atoms with E-state index in [0.717, 1.165) is 6.20 Å². The third-order valence-electron chi connectivity index (χ3n) is 7.82. The smallest absolute Gasteiger partial charge is 0.347 e. The fraction of sp³-hybridized carbons (Fsp3) is 0.414. The lowest BCUT2D eigenvalue weighted by atomic mass is 9.87. The van der Waals surface area contributed by atoms with E-state index in [-0.39, 0.29) is 60.4 Å². The Balaban J connectivity index is 1.31. The molecule has 0 spiro atoms. The van der Waals surface area contributed by atoms with Gasteiger partial charge in [0.15, 0.2) is 28.7 Å². The standard InChI is InChI=1S/C29H33FN8O5/c1-15(2)18(9-21-20(30)13-32-27(33-21)17-5-6-23-34-35-29(43)38(23)14-17)10-24(40)31-12-19-11-22(39)26(41)25-28(42)36(16(3)4)7-8-37(19)25/h5-6,11,13-16,18,41H,7-10,12H2,1-4H3,(H,31,40)(H,35,43)/t18-/m1/s1. The molecule has 226 valence electrons. The number of aromatic nitrogens is 6. The molecule has 4 aromatic heterocycles. The minimum atomic E-state index is -0.693. The summed E-state index contributed by atoms with van der Waals surface area (Å²) >= 11 is 0. The minimum Gasteiger partial charge on any atom is -0.503 e. The predicted octanol–water partition coefficient (Wildman–Crippen LogP) is 1.87. The molecule has 1 atom stereocenters. The Morgan fingerprint density at radius 1 is 1.16 bits per heavy atom. The molecule has 1 aliphatic heterocycles. The molecule has 0 radical (unpaired) electrons. The van der Waals surface area contributed by atoms with Gasteiger partial charge in [0.1, 0.15) is 0 Å². The molecule has 5 rings (SSSR count). The largest absolute Gasteiger partial charge is 0.503 e. The first-order chi connectivity index (χ1) is 20.4. The van der Waals surface area contributed by atoms with E-state index in [1.54, 1.807) is 21.6 Å². The van der Waals surface area contributed by atoms with Gasteiger partial charge in [0.05, 0.1) is 18.4 Å². The molecule has 0 fully saturated rings. The second-order valence-electron chi connectivity index (χ2n) is 11.3. The predicted molar refractivity (Wildman–Crippen MR) is 154 cm³/mol. The summed E-state index contributed by atoms with van der Waals surface area (Å²) < 4.78 is 17.7. The molecule has 3 N–H and O–H groups in total. The van der Waals surface area contributed by atoms with E-state index in [9.17, 15) is 28.7 Å². The molecule has 0 saturated heterocycles. The molecule has 14 heteroatoms. The van der Waals surface area contributed by atoms with Gasteiger partial charge in [0.25, 0.3) is 5.91 Å². The van der Waals surface area contributed by atoms with Gasteiger partial charge >= 0.3 is 5.69 Å². The molecule has 0 aliphatic carbocycles. The van der Waals surface area contributed by atoms with Crippen molar-refractivity contribution in [3.63, 3.8) is 0 Å². The third-order valence-corrected chi connectivity index (χ3v) is 7.82. The third kappa shape index (κ3) is 5.90. The summed E-state index contributed by atoms with van der Waals surface area (Å²) in [6.45, 7) is 8.32. The van der Waals surface area contributed by atoms with Crippen molar-refractivity contribution in [3.8, 4) is 17.1 Å². The van der Waals surface area contributed by atoms with Crippen LogP contribution in [-0.4, -0.2) is 63.5 Å². The highest BCUT2D eigenvalue weighted by Gasteiger charge is 2.31. The lowest BCUT2D eigenvalue weighted by Gasteiger charge is -2.34. The normalized spacial score (nSPS) is 14.0. The topological polar surface area (TPSA) is 168 Å². The Hall–Kier alpha value is -4.88. The lowest BCUT2D eigenvalue weighted by molar-refractivity contribution is -0.122. The van der Waals surface area contributed by atoms with Crippen LogP contribution in [0.5, 0.6) is 5.75 Å². The maximum atomic E-state index is 14.8. The van der Waals surface area contributed by atoms with Gasteiger partial charge in [-0.3, -0.25) is 14.4 Å². The second kappa shape index (κ2) is 11.8. The first-order valence-corrected chi connectivity index (χ1v) is 14.1. The van der Waals surface area contributed by atoms with Crippen LogP contribution in [0.15, 0.2) is 40.2 Å². The van der Waals surface area contributed by atoms with E-state index in [2.05, 4.69) is 25.5 Å². The molecule has 0 bridgehead atoms. The Bertz CT molecular complexity index is 1830. The SMILES string of the molecule is CC(C)[C@@H](CC(=O)NCc1cc(=O)c(O)c2n1CCN(C(C)C)C2=O)Cc1nc(-c2ccc3n[nH]c(=O)n3c2)ncc1F. The summed E-state index contributed by atoms with van der Waals surface area (Å²) in [4.78, 5) is 60.6. The highest BCUT2D eigenvalue weighted by Crippen LogP contribution is 2.25. The molecule has 2 amide bonds. The van der Waals surface area contributed by atoms with Gasteiger partial charge in [-0.25, -0.2) is 28.7 Å². The van der Waals surface area contributed by atoms with Gasteiger partial charge in [-0.2, -0.15) is 5.10 Å². The van der Waals surface area contributed by atoms with Crippen LogP contribution in [0, 0.1) is 17.7 Å². The first-order valence-electron chi connectivity index (χ1n) is 14.1. The summed E-state index contributed by atoms with van der Waals surface area (Å²) in [7, 11) is 0. The maximum Gasteiger partial charge on any atom is 0.347 e. The number of halogens is 1. The maximum absolute atomic E-state index is 14.8. The van der Waals surface area contributed by atoms with Crippen molar-refractivity contribution in [3.05, 3.63) is 74.2 Å². The zero-order valence-corrected chi connectivity index (χ0v) is 24.3.